The molecule has 4 rings (SSSR count). The molecule has 5 nitrogen and oxygen atoms in total. The van der Waals surface area contributed by atoms with Gasteiger partial charge in [-0.15, -0.1) is 0 Å². The number of hydrogen-bond acceptors (Lipinski definition) is 3. The first-order valence-electron chi connectivity index (χ1n) is 14.3. The van der Waals surface area contributed by atoms with Gasteiger partial charge in [-0.2, -0.15) is 0 Å². The van der Waals surface area contributed by atoms with Crippen LogP contribution in [0.3, 0.4) is 0 Å². The molecular formula is C32H47N5. The second kappa shape index (κ2) is 13.3. The molecule has 200 valence electrons. The van der Waals surface area contributed by atoms with Crippen LogP contribution in [0.25, 0.3) is 21.8 Å². The predicted octanol–water partition coefficient (Wildman–Crippen LogP) is 6.18. The van der Waals surface area contributed by atoms with Crippen molar-refractivity contribution < 1.29 is 0 Å². The number of likely N-dealkylation sites (N-methyl/N-ethyl adjacent to an activating group) is 3. The van der Waals surface area contributed by atoms with Crippen LogP contribution in [0.2, 0.25) is 0 Å². The molecule has 5 heteroatoms. The topological polar surface area (TPSA) is 41.3 Å². The molecule has 0 radical (unpaired) electrons. The smallest absolute Gasteiger partial charge is 0.0456 e. The predicted molar refractivity (Wildman–Crippen MR) is 160 cm³/mol. The Morgan fingerprint density at radius 3 is 1.43 bits per heavy atom. The summed E-state index contributed by atoms with van der Waals surface area (Å²) in [4.78, 5) is 14.8. The van der Waals surface area contributed by atoms with Crippen LogP contribution < -0.4 is 0 Å². The van der Waals surface area contributed by atoms with E-state index >= 15 is 0 Å². The standard InChI is InChI=1S/C32H47N5/c1-6-35(17-19-36(7-2)25(4)21-27-23-33-31-15-11-9-13-29(27)31)18-20-37(8-3)26(5)22-28-24-34-32-16-12-10-14-30(28)32/h9-16,23-26,33-34H,6-8,17-22H2,1-5H3/t25-,26-/m1/s1. The third-order valence-electron chi connectivity index (χ3n) is 8.29. The lowest BCUT2D eigenvalue weighted by Gasteiger charge is -2.33. The highest BCUT2D eigenvalue weighted by atomic mass is 15.2. The lowest BCUT2D eigenvalue weighted by atomic mass is 10.0. The summed E-state index contributed by atoms with van der Waals surface area (Å²) in [6, 6.07) is 18.3. The number of nitrogens with one attached hydrogen (secondary N) is 2. The molecule has 2 aromatic heterocycles. The normalized spacial score (nSPS) is 13.9. The number of nitrogens with zero attached hydrogens (tertiary/aromatic N) is 3. The molecule has 0 fully saturated rings. The summed E-state index contributed by atoms with van der Waals surface area (Å²) >= 11 is 0. The number of aromatic amines is 2. The van der Waals surface area contributed by atoms with Gasteiger partial charge in [0.05, 0.1) is 0 Å². The Bertz CT molecular complexity index is 1130. The summed E-state index contributed by atoms with van der Waals surface area (Å²) < 4.78 is 0. The third-order valence-corrected chi connectivity index (χ3v) is 8.29. The maximum Gasteiger partial charge on any atom is 0.0456 e. The molecule has 2 aromatic carbocycles. The number of rotatable bonds is 15. The molecule has 2 heterocycles. The van der Waals surface area contributed by atoms with Gasteiger partial charge in [-0.3, -0.25) is 9.80 Å². The van der Waals surface area contributed by atoms with Gasteiger partial charge in [0.2, 0.25) is 0 Å². The monoisotopic (exact) mass is 501 g/mol. The van der Waals surface area contributed by atoms with Crippen LogP contribution >= 0.6 is 0 Å². The van der Waals surface area contributed by atoms with Crippen molar-refractivity contribution in [3.8, 4) is 0 Å². The van der Waals surface area contributed by atoms with E-state index in [2.05, 4.69) is 120 Å². The van der Waals surface area contributed by atoms with Crippen molar-refractivity contribution in [1.29, 1.82) is 0 Å². The number of benzene rings is 2. The van der Waals surface area contributed by atoms with Crippen LogP contribution in [0.1, 0.15) is 45.7 Å². The van der Waals surface area contributed by atoms with Gasteiger partial charge in [0.15, 0.2) is 0 Å². The highest BCUT2D eigenvalue weighted by molar-refractivity contribution is 5.83. The van der Waals surface area contributed by atoms with Gasteiger partial charge in [-0.1, -0.05) is 57.2 Å². The summed E-state index contributed by atoms with van der Waals surface area (Å²) in [5, 5.41) is 2.73. The molecule has 2 N–H and O–H groups in total. The second-order valence-electron chi connectivity index (χ2n) is 10.5. The molecule has 0 aliphatic carbocycles. The van der Waals surface area contributed by atoms with Gasteiger partial charge in [0, 0.05) is 72.5 Å². The van der Waals surface area contributed by atoms with E-state index < -0.39 is 0 Å². The van der Waals surface area contributed by atoms with Gasteiger partial charge in [0.1, 0.15) is 0 Å². The van der Waals surface area contributed by atoms with Crippen molar-refractivity contribution in [1.82, 2.24) is 24.7 Å². The maximum absolute atomic E-state index is 3.44. The molecular weight excluding hydrogens is 454 g/mol. The average molecular weight is 502 g/mol. The highest BCUT2D eigenvalue weighted by Crippen LogP contribution is 2.21. The molecule has 0 unspecified atom stereocenters. The van der Waals surface area contributed by atoms with E-state index in [9.17, 15) is 0 Å². The number of para-hydroxylation sites is 2. The van der Waals surface area contributed by atoms with Crippen LogP contribution in [-0.2, 0) is 12.8 Å². The van der Waals surface area contributed by atoms with Crippen LogP contribution in [0.15, 0.2) is 60.9 Å². The summed E-state index contributed by atoms with van der Waals surface area (Å²) in [7, 11) is 0. The quantitative estimate of drug-likeness (QED) is 0.204. The second-order valence-corrected chi connectivity index (χ2v) is 10.5. The molecule has 0 bridgehead atoms. The van der Waals surface area contributed by atoms with Crippen molar-refractivity contribution in [3.63, 3.8) is 0 Å². The van der Waals surface area contributed by atoms with Crippen molar-refractivity contribution in [2.24, 2.45) is 0 Å². The minimum Gasteiger partial charge on any atom is -0.361 e. The molecule has 2 atom stereocenters. The molecule has 0 saturated carbocycles. The van der Waals surface area contributed by atoms with Gasteiger partial charge >= 0.3 is 0 Å². The van der Waals surface area contributed by atoms with E-state index in [-0.39, 0.29) is 0 Å². The van der Waals surface area contributed by atoms with E-state index in [1.165, 1.54) is 32.9 Å². The van der Waals surface area contributed by atoms with Crippen molar-refractivity contribution in [3.05, 3.63) is 72.1 Å². The van der Waals surface area contributed by atoms with Crippen LogP contribution in [0, 0.1) is 0 Å². The first-order valence-corrected chi connectivity index (χ1v) is 14.3. The fraction of sp³-hybridized carbons (Fsp3) is 0.500. The van der Waals surface area contributed by atoms with Gasteiger partial charge in [-0.25, -0.2) is 0 Å². The number of H-pyrrole nitrogens is 2. The van der Waals surface area contributed by atoms with E-state index in [4.69, 9.17) is 0 Å². The van der Waals surface area contributed by atoms with Crippen LogP contribution in [-0.4, -0.2) is 82.6 Å². The average Bonchev–Trinajstić information content (AvgIpc) is 3.52. The summed E-state index contributed by atoms with van der Waals surface area (Å²) in [6.45, 7) is 19.4. The fourth-order valence-corrected chi connectivity index (χ4v) is 5.84. The van der Waals surface area contributed by atoms with Crippen molar-refractivity contribution >= 4 is 21.8 Å². The first-order chi connectivity index (χ1) is 18.0. The molecule has 0 amide bonds. The van der Waals surface area contributed by atoms with E-state index in [0.717, 1.165) is 58.7 Å². The molecule has 0 spiro atoms. The molecule has 0 aliphatic rings. The molecule has 0 aliphatic heterocycles. The van der Waals surface area contributed by atoms with Crippen molar-refractivity contribution in [2.45, 2.75) is 59.5 Å². The number of hydrogen-bond donors (Lipinski definition) is 2. The highest BCUT2D eigenvalue weighted by Gasteiger charge is 2.18. The Morgan fingerprint density at radius 1 is 0.595 bits per heavy atom. The number of fused-ring (bicyclic) bond motifs is 2. The Labute approximate surface area is 223 Å². The van der Waals surface area contributed by atoms with Crippen LogP contribution in [0.5, 0.6) is 0 Å². The zero-order valence-electron chi connectivity index (χ0n) is 23.6. The third kappa shape index (κ3) is 6.84. The molecule has 0 saturated heterocycles. The lowest BCUT2D eigenvalue weighted by molar-refractivity contribution is 0.149. The van der Waals surface area contributed by atoms with E-state index in [1.807, 2.05) is 0 Å². The SMILES string of the molecule is CCN(CCN(CC)[C@H](C)Cc1c[nH]c2ccccc12)CCN(CC)[C@H](C)Cc1c[nH]c2ccccc12. The van der Waals surface area contributed by atoms with Gasteiger partial charge < -0.3 is 14.9 Å². The minimum absolute atomic E-state index is 0.520. The van der Waals surface area contributed by atoms with E-state index in [1.54, 1.807) is 0 Å². The summed E-state index contributed by atoms with van der Waals surface area (Å²) in [5.41, 5.74) is 5.34. The fourth-order valence-electron chi connectivity index (χ4n) is 5.84. The van der Waals surface area contributed by atoms with Gasteiger partial charge in [-0.05, 0) is 69.6 Å². The summed E-state index contributed by atoms with van der Waals surface area (Å²) in [6.07, 6.45) is 6.56. The Hall–Kier alpha value is -2.60. The Morgan fingerprint density at radius 2 is 1.03 bits per heavy atom. The zero-order valence-corrected chi connectivity index (χ0v) is 23.6. The lowest BCUT2D eigenvalue weighted by Crippen LogP contribution is -2.44. The Balaban J connectivity index is 1.27. The molecule has 37 heavy (non-hydrogen) atoms. The first kappa shape index (κ1) is 27.4. The van der Waals surface area contributed by atoms with E-state index in [0.29, 0.717) is 12.1 Å². The zero-order chi connectivity index (χ0) is 26.2. The summed E-state index contributed by atoms with van der Waals surface area (Å²) in [5.74, 6) is 0. The number of aromatic nitrogens is 2. The largest absolute Gasteiger partial charge is 0.361 e. The van der Waals surface area contributed by atoms with Crippen molar-refractivity contribution in [2.75, 3.05) is 45.8 Å². The Kier molecular flexibility index (Phi) is 9.84. The van der Waals surface area contributed by atoms with Crippen LogP contribution in [0.4, 0.5) is 0 Å². The van der Waals surface area contributed by atoms with Gasteiger partial charge in [0.25, 0.3) is 0 Å². The maximum atomic E-state index is 3.44. The minimum atomic E-state index is 0.520. The molecule has 4 aromatic rings.